The van der Waals surface area contributed by atoms with Crippen LogP contribution < -0.4 is 5.32 Å². The van der Waals surface area contributed by atoms with Crippen LogP contribution in [-0.4, -0.2) is 29.8 Å². The minimum absolute atomic E-state index is 0.00267. The molecule has 1 amide bonds. The summed E-state index contributed by atoms with van der Waals surface area (Å²) < 4.78 is 5.63. The average Bonchev–Trinajstić information content (AvgIpc) is 3.05. The van der Waals surface area contributed by atoms with Gasteiger partial charge in [-0.15, -0.1) is 0 Å². The molecule has 3 saturated carbocycles. The lowest BCUT2D eigenvalue weighted by atomic mass is 9.44. The fourth-order valence-electron chi connectivity index (χ4n) is 6.08. The van der Waals surface area contributed by atoms with Crippen LogP contribution >= 0.6 is 0 Å². The van der Waals surface area contributed by atoms with E-state index >= 15 is 0 Å². The number of benzene rings is 2. The summed E-state index contributed by atoms with van der Waals surface area (Å²) in [4.78, 5) is 24.5. The fraction of sp³-hybridized carbons (Fsp3) is 0.440. The summed E-state index contributed by atoms with van der Waals surface area (Å²) in [5.41, 5.74) is 4.72. The topological polar surface area (TPSA) is 75.6 Å². The van der Waals surface area contributed by atoms with Crippen molar-refractivity contribution in [1.82, 2.24) is 5.32 Å². The molecule has 4 aliphatic carbocycles. The molecule has 5 heteroatoms. The van der Waals surface area contributed by atoms with Gasteiger partial charge in [-0.25, -0.2) is 4.79 Å². The van der Waals surface area contributed by atoms with Gasteiger partial charge in [0, 0.05) is 12.0 Å². The van der Waals surface area contributed by atoms with Gasteiger partial charge in [0.2, 0.25) is 0 Å². The quantitative estimate of drug-likeness (QED) is 0.776. The molecule has 6 rings (SSSR count). The molecule has 3 fully saturated rings. The molecule has 2 bridgehead atoms. The molecule has 2 aromatic carbocycles. The number of carboxylic acid groups (broad SMARTS) is 1. The Labute approximate surface area is 176 Å². The van der Waals surface area contributed by atoms with Crippen LogP contribution in [0.1, 0.15) is 43.7 Å². The van der Waals surface area contributed by atoms with E-state index in [9.17, 15) is 14.7 Å². The third-order valence-electron chi connectivity index (χ3n) is 7.88. The standard InChI is InChI=1S/C25H27NO4/c1-25(2)14-11-20(25)22(23(27)28)21(12-14)26-24(29)30-13-19-17-9-5-3-7-15(17)16-8-4-6-10-18(16)19/h3-10,14,19-22H,11-13H2,1-2H3,(H,26,29)(H,27,28)/t14-,20+,21+,22+/m1/s1. The molecule has 0 radical (unpaired) electrons. The predicted octanol–water partition coefficient (Wildman–Crippen LogP) is 4.66. The van der Waals surface area contributed by atoms with Crippen LogP contribution in [0.4, 0.5) is 4.79 Å². The first-order valence-electron chi connectivity index (χ1n) is 10.7. The van der Waals surface area contributed by atoms with Gasteiger partial charge in [0.15, 0.2) is 0 Å². The zero-order chi connectivity index (χ0) is 21.0. The number of aliphatic carboxylic acids is 1. The first-order valence-corrected chi connectivity index (χ1v) is 10.7. The molecule has 5 nitrogen and oxygen atoms in total. The third-order valence-corrected chi connectivity index (χ3v) is 7.88. The zero-order valence-corrected chi connectivity index (χ0v) is 17.3. The Morgan fingerprint density at radius 1 is 1.03 bits per heavy atom. The molecule has 0 spiro atoms. The Balaban J connectivity index is 1.28. The van der Waals surface area contributed by atoms with E-state index < -0.39 is 18.0 Å². The van der Waals surface area contributed by atoms with Crippen LogP contribution in [-0.2, 0) is 9.53 Å². The molecule has 0 aliphatic heterocycles. The Hall–Kier alpha value is -2.82. The highest BCUT2D eigenvalue weighted by Crippen LogP contribution is 2.61. The van der Waals surface area contributed by atoms with E-state index in [1.807, 2.05) is 24.3 Å². The number of alkyl carbamates (subject to hydrolysis) is 1. The molecular formula is C25H27NO4. The van der Waals surface area contributed by atoms with Crippen LogP contribution in [0.25, 0.3) is 11.1 Å². The molecule has 0 saturated heterocycles. The van der Waals surface area contributed by atoms with Gasteiger partial charge in [0.1, 0.15) is 6.61 Å². The monoisotopic (exact) mass is 405 g/mol. The van der Waals surface area contributed by atoms with Gasteiger partial charge in [-0.3, -0.25) is 4.79 Å². The van der Waals surface area contributed by atoms with Crippen molar-refractivity contribution in [3.05, 3.63) is 59.7 Å². The van der Waals surface area contributed by atoms with Gasteiger partial charge in [0.05, 0.1) is 5.92 Å². The number of fused-ring (bicyclic) bond motifs is 5. The lowest BCUT2D eigenvalue weighted by Gasteiger charge is -2.61. The van der Waals surface area contributed by atoms with Crippen LogP contribution in [0.2, 0.25) is 0 Å². The summed E-state index contributed by atoms with van der Waals surface area (Å²) in [7, 11) is 0. The van der Waals surface area contributed by atoms with Gasteiger partial charge in [-0.05, 0) is 52.3 Å². The van der Waals surface area contributed by atoms with E-state index in [0.29, 0.717) is 12.3 Å². The van der Waals surface area contributed by atoms with Gasteiger partial charge < -0.3 is 15.2 Å². The minimum Gasteiger partial charge on any atom is -0.481 e. The smallest absolute Gasteiger partial charge is 0.407 e. The second-order valence-electron chi connectivity index (χ2n) is 9.54. The average molecular weight is 405 g/mol. The molecule has 0 aromatic heterocycles. The van der Waals surface area contributed by atoms with E-state index in [4.69, 9.17) is 4.74 Å². The number of carboxylic acids is 1. The highest BCUT2D eigenvalue weighted by atomic mass is 16.5. The van der Waals surface area contributed by atoms with Crippen molar-refractivity contribution in [3.8, 4) is 11.1 Å². The summed E-state index contributed by atoms with van der Waals surface area (Å²) in [5, 5.41) is 12.7. The van der Waals surface area contributed by atoms with Crippen LogP contribution in [0.3, 0.4) is 0 Å². The summed E-state index contributed by atoms with van der Waals surface area (Å²) in [6.07, 6.45) is 1.12. The van der Waals surface area contributed by atoms with Gasteiger partial charge in [0.25, 0.3) is 0 Å². The maximum Gasteiger partial charge on any atom is 0.407 e. The molecule has 4 aliphatic rings. The summed E-state index contributed by atoms with van der Waals surface area (Å²) in [5.74, 6) is -0.817. The van der Waals surface area contributed by atoms with Crippen LogP contribution in [0.5, 0.6) is 0 Å². The number of hydrogen-bond donors (Lipinski definition) is 2. The maximum absolute atomic E-state index is 12.6. The maximum atomic E-state index is 12.6. The lowest BCUT2D eigenvalue weighted by molar-refractivity contribution is -0.169. The number of amides is 1. The van der Waals surface area contributed by atoms with E-state index in [-0.39, 0.29) is 29.9 Å². The third kappa shape index (κ3) is 2.83. The van der Waals surface area contributed by atoms with E-state index in [2.05, 4.69) is 43.4 Å². The number of rotatable bonds is 4. The summed E-state index contributed by atoms with van der Waals surface area (Å²) in [6, 6.07) is 16.0. The second-order valence-corrected chi connectivity index (χ2v) is 9.54. The summed E-state index contributed by atoms with van der Waals surface area (Å²) >= 11 is 0. The molecule has 2 N–H and O–H groups in total. The van der Waals surface area contributed by atoms with Crippen LogP contribution in [0.15, 0.2) is 48.5 Å². The van der Waals surface area contributed by atoms with Gasteiger partial charge in [-0.2, -0.15) is 0 Å². The fourth-order valence-corrected chi connectivity index (χ4v) is 6.08. The lowest BCUT2D eigenvalue weighted by Crippen LogP contribution is -2.63. The van der Waals surface area contributed by atoms with Crippen molar-refractivity contribution in [2.75, 3.05) is 6.61 Å². The Kier molecular flexibility index (Phi) is 4.38. The summed E-state index contributed by atoms with van der Waals surface area (Å²) in [6.45, 7) is 4.53. The highest BCUT2D eigenvalue weighted by Gasteiger charge is 2.60. The minimum atomic E-state index is -0.824. The van der Waals surface area contributed by atoms with Crippen molar-refractivity contribution in [3.63, 3.8) is 0 Å². The van der Waals surface area contributed by atoms with E-state index in [1.54, 1.807) is 0 Å². The van der Waals surface area contributed by atoms with Crippen molar-refractivity contribution < 1.29 is 19.4 Å². The van der Waals surface area contributed by atoms with E-state index in [0.717, 1.165) is 17.5 Å². The number of nitrogens with one attached hydrogen (secondary N) is 1. The van der Waals surface area contributed by atoms with Crippen LogP contribution in [0, 0.1) is 23.2 Å². The Morgan fingerprint density at radius 3 is 2.20 bits per heavy atom. The zero-order valence-electron chi connectivity index (χ0n) is 17.3. The molecule has 156 valence electrons. The Bertz CT molecular complexity index is 968. The molecule has 0 heterocycles. The second kappa shape index (κ2) is 6.86. The first kappa shape index (κ1) is 19.2. The number of carbonyl (C=O) groups excluding carboxylic acids is 1. The molecule has 0 unspecified atom stereocenters. The molecular weight excluding hydrogens is 378 g/mol. The van der Waals surface area contributed by atoms with E-state index in [1.165, 1.54) is 11.1 Å². The largest absolute Gasteiger partial charge is 0.481 e. The SMILES string of the molecule is CC1(C)[C@H]2C[C@H](NC(=O)OCC3c4ccccc4-c4ccccc43)[C@@H](C(=O)O)[C@@H]1C2. The molecule has 30 heavy (non-hydrogen) atoms. The number of ether oxygens (including phenoxy) is 1. The molecule has 2 aromatic rings. The molecule has 4 atom stereocenters. The van der Waals surface area contributed by atoms with Crippen molar-refractivity contribution in [2.24, 2.45) is 23.2 Å². The van der Waals surface area contributed by atoms with Crippen molar-refractivity contribution in [2.45, 2.75) is 38.6 Å². The first-order chi connectivity index (χ1) is 14.4. The Morgan fingerprint density at radius 2 is 1.63 bits per heavy atom. The van der Waals surface area contributed by atoms with Gasteiger partial charge >= 0.3 is 12.1 Å². The number of hydrogen-bond acceptors (Lipinski definition) is 3. The highest BCUT2D eigenvalue weighted by molar-refractivity contribution is 5.79. The van der Waals surface area contributed by atoms with Gasteiger partial charge in [-0.1, -0.05) is 62.4 Å². The predicted molar refractivity (Wildman–Crippen MR) is 113 cm³/mol. The van der Waals surface area contributed by atoms with Crippen molar-refractivity contribution >= 4 is 12.1 Å². The van der Waals surface area contributed by atoms with Crippen molar-refractivity contribution in [1.29, 1.82) is 0 Å². The number of carbonyl (C=O) groups is 2. The normalized spacial score (nSPS) is 28.1.